The molecule has 0 bridgehead atoms. The van der Waals surface area contributed by atoms with Crippen molar-refractivity contribution < 1.29 is 43.0 Å². The first-order chi connectivity index (χ1) is 26.8. The third-order valence-corrected chi connectivity index (χ3v) is 9.63. The normalized spacial score (nSPS) is 22.4. The lowest BCUT2D eigenvalue weighted by atomic mass is 9.77. The SMILES string of the molecule is CC1=CC(=O)CC(C)(C)C1.CC1=CC(=O)CC(C)C1.CC1=CC(=O)CCC1.CCOC(=O)C1CCC(=O)C=C1C.CCOC1=CC(=O)CCC1.O=C1C=CCCC1. The highest BCUT2D eigenvalue weighted by molar-refractivity contribution is 5.94. The molecule has 0 aromatic rings. The minimum absolute atomic E-state index is 0.109. The molecule has 2 unspecified atom stereocenters. The lowest BCUT2D eigenvalue weighted by molar-refractivity contribution is -0.147. The molecule has 316 valence electrons. The van der Waals surface area contributed by atoms with Gasteiger partial charge in [0.05, 0.1) is 24.9 Å². The quantitative estimate of drug-likeness (QED) is 0.255. The van der Waals surface area contributed by atoms with Gasteiger partial charge in [-0.1, -0.05) is 49.1 Å². The molecule has 9 heteroatoms. The van der Waals surface area contributed by atoms with Crippen LogP contribution in [0.4, 0.5) is 0 Å². The molecular formula is C48H70O9. The van der Waals surface area contributed by atoms with Crippen LogP contribution in [0, 0.1) is 17.3 Å². The molecule has 0 saturated heterocycles. The molecule has 0 fully saturated rings. The summed E-state index contributed by atoms with van der Waals surface area (Å²) >= 11 is 0. The van der Waals surface area contributed by atoms with Gasteiger partial charge in [-0.25, -0.2) is 0 Å². The van der Waals surface area contributed by atoms with Crippen LogP contribution < -0.4 is 0 Å². The van der Waals surface area contributed by atoms with Crippen molar-refractivity contribution in [1.82, 2.24) is 0 Å². The Kier molecular flexibility index (Phi) is 24.4. The minimum Gasteiger partial charge on any atom is -0.498 e. The fourth-order valence-electron chi connectivity index (χ4n) is 7.22. The Labute approximate surface area is 342 Å². The van der Waals surface area contributed by atoms with Crippen molar-refractivity contribution in [1.29, 1.82) is 0 Å². The molecule has 0 radical (unpaired) electrons. The van der Waals surface area contributed by atoms with E-state index in [0.29, 0.717) is 56.4 Å². The Balaban J connectivity index is 0.000000345. The molecule has 0 aromatic heterocycles. The number of esters is 1. The average Bonchev–Trinajstić information content (AvgIpc) is 3.09. The highest BCUT2D eigenvalue weighted by Crippen LogP contribution is 2.33. The van der Waals surface area contributed by atoms with Gasteiger partial charge in [-0.15, -0.1) is 0 Å². The number of ether oxygens (including phenoxy) is 2. The summed E-state index contributed by atoms with van der Waals surface area (Å²) in [7, 11) is 0. The number of carbonyl (C=O) groups excluding carboxylic acids is 7. The summed E-state index contributed by atoms with van der Waals surface area (Å²) in [5.74, 6) is 2.51. The molecular weight excluding hydrogens is 721 g/mol. The summed E-state index contributed by atoms with van der Waals surface area (Å²) in [6.07, 6.45) is 25.2. The molecule has 9 nitrogen and oxygen atoms in total. The third-order valence-electron chi connectivity index (χ3n) is 9.63. The van der Waals surface area contributed by atoms with E-state index in [1.807, 2.05) is 33.8 Å². The van der Waals surface area contributed by atoms with Crippen molar-refractivity contribution in [2.45, 2.75) is 159 Å². The van der Waals surface area contributed by atoms with Gasteiger partial charge >= 0.3 is 5.97 Å². The van der Waals surface area contributed by atoms with E-state index in [1.165, 1.54) is 16.7 Å². The molecule has 0 spiro atoms. The van der Waals surface area contributed by atoms with Crippen molar-refractivity contribution in [3.8, 4) is 0 Å². The van der Waals surface area contributed by atoms with E-state index in [2.05, 4.69) is 20.8 Å². The number of hydrogen-bond acceptors (Lipinski definition) is 9. The Morgan fingerprint density at radius 2 is 1.23 bits per heavy atom. The van der Waals surface area contributed by atoms with E-state index < -0.39 is 0 Å². The highest BCUT2D eigenvalue weighted by Gasteiger charge is 2.26. The summed E-state index contributed by atoms with van der Waals surface area (Å²) in [6, 6.07) is 0. The minimum atomic E-state index is -0.205. The Bertz CT molecular complexity index is 1590. The van der Waals surface area contributed by atoms with Crippen LogP contribution in [0.15, 0.2) is 70.6 Å². The Morgan fingerprint density at radius 3 is 1.67 bits per heavy atom. The van der Waals surface area contributed by atoms with E-state index in [1.54, 1.807) is 50.3 Å². The van der Waals surface area contributed by atoms with Gasteiger partial charge in [-0.2, -0.15) is 0 Å². The second kappa shape index (κ2) is 27.4. The zero-order valence-corrected chi connectivity index (χ0v) is 36.4. The van der Waals surface area contributed by atoms with Gasteiger partial charge in [0.1, 0.15) is 0 Å². The largest absolute Gasteiger partial charge is 0.498 e. The topological polar surface area (TPSA) is 138 Å². The van der Waals surface area contributed by atoms with Gasteiger partial charge in [-0.05, 0) is 135 Å². The maximum Gasteiger partial charge on any atom is 0.313 e. The second-order valence-electron chi connectivity index (χ2n) is 16.6. The fraction of sp³-hybridized carbons (Fsp3) is 0.604. The molecule has 6 aliphatic carbocycles. The lowest BCUT2D eigenvalue weighted by Gasteiger charge is -2.27. The summed E-state index contributed by atoms with van der Waals surface area (Å²) in [6.45, 7) is 19.0. The smallest absolute Gasteiger partial charge is 0.313 e. The molecule has 0 saturated carbocycles. The van der Waals surface area contributed by atoms with Gasteiger partial charge in [-0.3, -0.25) is 33.6 Å². The number of rotatable bonds is 4. The Morgan fingerprint density at radius 1 is 0.632 bits per heavy atom. The van der Waals surface area contributed by atoms with E-state index >= 15 is 0 Å². The molecule has 0 heterocycles. The first-order valence-electron chi connectivity index (χ1n) is 20.9. The molecule has 0 amide bonds. The predicted octanol–water partition coefficient (Wildman–Crippen LogP) is 10.4. The zero-order valence-electron chi connectivity index (χ0n) is 36.4. The third kappa shape index (κ3) is 24.2. The summed E-state index contributed by atoms with van der Waals surface area (Å²) in [5.41, 5.74) is 4.73. The van der Waals surface area contributed by atoms with Crippen LogP contribution >= 0.6 is 0 Å². The number of carbonyl (C=O) groups is 7. The zero-order chi connectivity index (χ0) is 43.0. The van der Waals surface area contributed by atoms with Crippen LogP contribution in [0.3, 0.4) is 0 Å². The van der Waals surface area contributed by atoms with Crippen LogP contribution in [-0.4, -0.2) is 53.9 Å². The summed E-state index contributed by atoms with van der Waals surface area (Å²) < 4.78 is 10.1. The number of hydrogen-bond donors (Lipinski definition) is 0. The molecule has 6 rings (SSSR count). The van der Waals surface area contributed by atoms with Crippen molar-refractivity contribution in [3.05, 3.63) is 70.6 Å². The van der Waals surface area contributed by atoms with Gasteiger partial charge in [0.25, 0.3) is 0 Å². The van der Waals surface area contributed by atoms with Crippen LogP contribution in [0.1, 0.15) is 159 Å². The van der Waals surface area contributed by atoms with E-state index in [-0.39, 0.29) is 40.4 Å². The first-order valence-corrected chi connectivity index (χ1v) is 20.9. The average molecular weight is 791 g/mol. The summed E-state index contributed by atoms with van der Waals surface area (Å²) in [5, 5.41) is 0. The van der Waals surface area contributed by atoms with Crippen molar-refractivity contribution >= 4 is 40.7 Å². The van der Waals surface area contributed by atoms with Crippen LogP contribution in [0.2, 0.25) is 0 Å². The standard InChI is InChI=1S/C10H14O3.C9H14O.C8H12O2.C8H12O.C7H10O.C6H8O/c1-3-13-10(12)9-5-4-8(11)6-7(9)2;1-7-4-8(10)6-9(2,3)5-7;1-2-10-8-5-3-4-7(9)6-8;1-6-3-7(2)5-8(9)4-6;1-6-3-2-4-7(8)5-6;7-6-4-2-1-3-5-6/h6,9H,3-5H2,1-2H3;4H,5-6H2,1-3H3;6H,2-5H2,1H3;4,7H,3,5H2,1-2H3;5H,2-4H2,1H3;2,4H,1,3,5H2. The number of ketones is 6. The predicted molar refractivity (Wildman–Crippen MR) is 226 cm³/mol. The van der Waals surface area contributed by atoms with Crippen LogP contribution in [0.5, 0.6) is 0 Å². The van der Waals surface area contributed by atoms with E-state index in [9.17, 15) is 33.6 Å². The van der Waals surface area contributed by atoms with Gasteiger partial charge in [0.2, 0.25) is 0 Å². The van der Waals surface area contributed by atoms with E-state index in [0.717, 1.165) is 82.0 Å². The number of allylic oxidation sites excluding steroid dienone is 11. The molecule has 2 atom stereocenters. The van der Waals surface area contributed by atoms with Crippen molar-refractivity contribution in [3.63, 3.8) is 0 Å². The Hall–Kier alpha value is -4.27. The van der Waals surface area contributed by atoms with Gasteiger partial charge in [0.15, 0.2) is 34.7 Å². The molecule has 57 heavy (non-hydrogen) atoms. The molecule has 0 aliphatic heterocycles. The maximum atomic E-state index is 11.3. The summed E-state index contributed by atoms with van der Waals surface area (Å²) in [4.78, 5) is 75.9. The first kappa shape index (κ1) is 50.7. The second-order valence-corrected chi connectivity index (χ2v) is 16.6. The maximum absolute atomic E-state index is 11.3. The van der Waals surface area contributed by atoms with Crippen molar-refractivity contribution in [2.75, 3.05) is 13.2 Å². The molecule has 6 aliphatic rings. The molecule has 0 aromatic carbocycles. The van der Waals surface area contributed by atoms with Crippen molar-refractivity contribution in [2.24, 2.45) is 17.3 Å². The fourth-order valence-corrected chi connectivity index (χ4v) is 7.22. The van der Waals surface area contributed by atoms with Crippen LogP contribution in [0.25, 0.3) is 0 Å². The lowest BCUT2D eigenvalue weighted by Crippen LogP contribution is -2.23. The molecule has 0 N–H and O–H groups in total. The van der Waals surface area contributed by atoms with Gasteiger partial charge in [0, 0.05) is 51.0 Å². The van der Waals surface area contributed by atoms with Crippen LogP contribution in [-0.2, 0) is 43.0 Å². The van der Waals surface area contributed by atoms with Gasteiger partial charge < -0.3 is 9.47 Å². The van der Waals surface area contributed by atoms with E-state index in [4.69, 9.17) is 9.47 Å². The monoisotopic (exact) mass is 791 g/mol. The highest BCUT2D eigenvalue weighted by atomic mass is 16.5.